The van der Waals surface area contributed by atoms with Gasteiger partial charge in [0.05, 0.1) is 19.1 Å². The van der Waals surface area contributed by atoms with E-state index in [4.69, 9.17) is 4.74 Å². The monoisotopic (exact) mass is 266 g/mol. The second-order valence-corrected chi connectivity index (χ2v) is 4.78. The van der Waals surface area contributed by atoms with E-state index < -0.39 is 0 Å². The van der Waals surface area contributed by atoms with Crippen molar-refractivity contribution in [3.05, 3.63) is 35.6 Å². The van der Waals surface area contributed by atoms with Crippen LogP contribution in [0.4, 0.5) is 4.39 Å². The molecule has 4 nitrogen and oxygen atoms in total. The second kappa shape index (κ2) is 6.63. The lowest BCUT2D eigenvalue weighted by Crippen LogP contribution is -2.46. The van der Waals surface area contributed by atoms with Crippen LogP contribution < -0.4 is 5.32 Å². The summed E-state index contributed by atoms with van der Waals surface area (Å²) in [6, 6.07) is 6.14. The van der Waals surface area contributed by atoms with Gasteiger partial charge in [-0.2, -0.15) is 0 Å². The van der Waals surface area contributed by atoms with Gasteiger partial charge in [-0.15, -0.1) is 0 Å². The van der Waals surface area contributed by atoms with Crippen molar-refractivity contribution < 1.29 is 13.9 Å². The molecule has 0 spiro atoms. The Balaban J connectivity index is 1.84. The molecule has 0 radical (unpaired) electrons. The molecule has 1 amide bonds. The SMILES string of the molecule is CN(CC1CNCCO1)C(=O)Cc1cccc(F)c1. The molecule has 104 valence electrons. The highest BCUT2D eigenvalue weighted by molar-refractivity contribution is 5.78. The largest absolute Gasteiger partial charge is 0.374 e. The van der Waals surface area contributed by atoms with E-state index in [2.05, 4.69) is 5.32 Å². The zero-order valence-electron chi connectivity index (χ0n) is 11.1. The Bertz CT molecular complexity index is 433. The molecular weight excluding hydrogens is 247 g/mol. The minimum absolute atomic E-state index is 0.0280. The summed E-state index contributed by atoms with van der Waals surface area (Å²) in [6.07, 6.45) is 0.254. The molecule has 5 heteroatoms. The molecule has 1 aromatic carbocycles. The Labute approximate surface area is 112 Å². The lowest BCUT2D eigenvalue weighted by Gasteiger charge is -2.28. The number of carbonyl (C=O) groups excluding carboxylic acids is 1. The minimum atomic E-state index is -0.312. The molecule has 1 fully saturated rings. The molecule has 1 heterocycles. The van der Waals surface area contributed by atoms with E-state index in [1.165, 1.54) is 12.1 Å². The molecule has 1 atom stereocenters. The van der Waals surface area contributed by atoms with Crippen molar-refractivity contribution in [2.75, 3.05) is 33.3 Å². The summed E-state index contributed by atoms with van der Waals surface area (Å²) >= 11 is 0. The lowest BCUT2D eigenvalue weighted by atomic mass is 10.1. The maximum atomic E-state index is 13.0. The Kier molecular flexibility index (Phi) is 4.87. The molecular formula is C14H19FN2O2. The van der Waals surface area contributed by atoms with Gasteiger partial charge in [-0.1, -0.05) is 12.1 Å². The van der Waals surface area contributed by atoms with Crippen LogP contribution in [0.5, 0.6) is 0 Å². The highest BCUT2D eigenvalue weighted by Crippen LogP contribution is 2.07. The van der Waals surface area contributed by atoms with E-state index in [0.717, 1.165) is 13.1 Å². The number of likely N-dealkylation sites (N-methyl/N-ethyl adjacent to an activating group) is 1. The van der Waals surface area contributed by atoms with Gasteiger partial charge in [-0.05, 0) is 17.7 Å². The summed E-state index contributed by atoms with van der Waals surface area (Å²) in [4.78, 5) is 13.7. The zero-order chi connectivity index (χ0) is 13.7. The summed E-state index contributed by atoms with van der Waals surface area (Å²) < 4.78 is 18.6. The van der Waals surface area contributed by atoms with Crippen LogP contribution in [0.3, 0.4) is 0 Å². The average molecular weight is 266 g/mol. The van der Waals surface area contributed by atoms with E-state index in [9.17, 15) is 9.18 Å². The Hall–Kier alpha value is -1.46. The maximum Gasteiger partial charge on any atom is 0.226 e. The number of benzene rings is 1. The number of ether oxygens (including phenoxy) is 1. The van der Waals surface area contributed by atoms with E-state index >= 15 is 0 Å². The Morgan fingerprint density at radius 3 is 3.11 bits per heavy atom. The van der Waals surface area contributed by atoms with E-state index in [1.807, 2.05) is 0 Å². The molecule has 0 saturated carbocycles. The van der Waals surface area contributed by atoms with Gasteiger partial charge in [0.15, 0.2) is 0 Å². The van der Waals surface area contributed by atoms with E-state index in [0.29, 0.717) is 18.7 Å². The van der Waals surface area contributed by atoms with Crippen LogP contribution in [0, 0.1) is 5.82 Å². The molecule has 1 saturated heterocycles. The smallest absolute Gasteiger partial charge is 0.226 e. The number of morpholine rings is 1. The molecule has 0 aliphatic carbocycles. The van der Waals surface area contributed by atoms with Gasteiger partial charge in [0.1, 0.15) is 5.82 Å². The van der Waals surface area contributed by atoms with Crippen molar-refractivity contribution in [1.82, 2.24) is 10.2 Å². The number of hydrogen-bond acceptors (Lipinski definition) is 3. The normalized spacial score (nSPS) is 19.2. The van der Waals surface area contributed by atoms with Crippen LogP contribution in [0.15, 0.2) is 24.3 Å². The van der Waals surface area contributed by atoms with Crippen molar-refractivity contribution in [3.63, 3.8) is 0 Å². The van der Waals surface area contributed by atoms with E-state index in [1.54, 1.807) is 24.1 Å². The Morgan fingerprint density at radius 1 is 1.58 bits per heavy atom. The topological polar surface area (TPSA) is 41.6 Å². The fourth-order valence-electron chi connectivity index (χ4n) is 2.10. The Morgan fingerprint density at radius 2 is 2.42 bits per heavy atom. The van der Waals surface area contributed by atoms with E-state index in [-0.39, 0.29) is 24.2 Å². The van der Waals surface area contributed by atoms with Crippen molar-refractivity contribution in [1.29, 1.82) is 0 Å². The summed E-state index contributed by atoms with van der Waals surface area (Å²) in [7, 11) is 1.75. The van der Waals surface area contributed by atoms with Gasteiger partial charge >= 0.3 is 0 Å². The molecule has 0 bridgehead atoms. The number of rotatable bonds is 4. The first-order chi connectivity index (χ1) is 9.15. The minimum Gasteiger partial charge on any atom is -0.374 e. The molecule has 19 heavy (non-hydrogen) atoms. The fraction of sp³-hybridized carbons (Fsp3) is 0.500. The summed E-state index contributed by atoms with van der Waals surface area (Å²) in [5.41, 5.74) is 0.694. The predicted molar refractivity (Wildman–Crippen MR) is 70.4 cm³/mol. The average Bonchev–Trinajstić information content (AvgIpc) is 2.40. The van der Waals surface area contributed by atoms with Crippen LogP contribution in [0.2, 0.25) is 0 Å². The van der Waals surface area contributed by atoms with Gasteiger partial charge in [-0.25, -0.2) is 4.39 Å². The molecule has 1 aliphatic heterocycles. The summed E-state index contributed by atoms with van der Waals surface area (Å²) in [6.45, 7) is 2.85. The van der Waals surface area contributed by atoms with Crippen LogP contribution in [-0.2, 0) is 16.0 Å². The molecule has 1 N–H and O–H groups in total. The quantitative estimate of drug-likeness (QED) is 0.877. The first-order valence-electron chi connectivity index (χ1n) is 6.46. The van der Waals surface area contributed by atoms with Crippen molar-refractivity contribution in [2.45, 2.75) is 12.5 Å². The predicted octanol–water partition coefficient (Wildman–Crippen LogP) is 0.815. The molecule has 1 aromatic rings. The highest BCUT2D eigenvalue weighted by Gasteiger charge is 2.18. The number of nitrogens with one attached hydrogen (secondary N) is 1. The van der Waals surface area contributed by atoms with Crippen molar-refractivity contribution >= 4 is 5.91 Å². The fourth-order valence-corrected chi connectivity index (χ4v) is 2.10. The number of halogens is 1. The summed E-state index contributed by atoms with van der Waals surface area (Å²) in [5.74, 6) is -0.340. The second-order valence-electron chi connectivity index (χ2n) is 4.78. The maximum absolute atomic E-state index is 13.0. The zero-order valence-corrected chi connectivity index (χ0v) is 11.1. The third-order valence-corrected chi connectivity index (χ3v) is 3.15. The number of carbonyl (C=O) groups is 1. The van der Waals surface area contributed by atoms with Crippen LogP contribution in [0.1, 0.15) is 5.56 Å². The third-order valence-electron chi connectivity index (χ3n) is 3.15. The van der Waals surface area contributed by atoms with Gasteiger partial charge in [0, 0.05) is 26.7 Å². The standard InChI is InChI=1S/C14H19FN2O2/c1-17(10-13-9-16-5-6-19-13)14(18)8-11-3-2-4-12(15)7-11/h2-4,7,13,16H,5-6,8-10H2,1H3. The van der Waals surface area contributed by atoms with Crippen LogP contribution in [0.25, 0.3) is 0 Å². The lowest BCUT2D eigenvalue weighted by molar-refractivity contribution is -0.131. The van der Waals surface area contributed by atoms with Gasteiger partial charge in [0.2, 0.25) is 5.91 Å². The number of nitrogens with zero attached hydrogens (tertiary/aromatic N) is 1. The third kappa shape index (κ3) is 4.29. The number of hydrogen-bond donors (Lipinski definition) is 1. The van der Waals surface area contributed by atoms with Gasteiger partial charge in [-0.3, -0.25) is 4.79 Å². The summed E-state index contributed by atoms with van der Waals surface area (Å²) in [5, 5.41) is 3.22. The van der Waals surface area contributed by atoms with Crippen molar-refractivity contribution in [2.24, 2.45) is 0 Å². The first-order valence-corrected chi connectivity index (χ1v) is 6.46. The molecule has 1 unspecified atom stereocenters. The van der Waals surface area contributed by atoms with Gasteiger partial charge < -0.3 is 15.0 Å². The van der Waals surface area contributed by atoms with Crippen LogP contribution in [-0.4, -0.2) is 50.2 Å². The molecule has 0 aromatic heterocycles. The first kappa shape index (κ1) is 14.0. The molecule has 2 rings (SSSR count). The number of amides is 1. The highest BCUT2D eigenvalue weighted by atomic mass is 19.1. The van der Waals surface area contributed by atoms with Crippen molar-refractivity contribution in [3.8, 4) is 0 Å². The van der Waals surface area contributed by atoms with Crippen LogP contribution >= 0.6 is 0 Å². The van der Waals surface area contributed by atoms with Gasteiger partial charge in [0.25, 0.3) is 0 Å². The molecule has 1 aliphatic rings.